The molecule has 0 amide bonds. The molecule has 1 aromatic carbocycles. The van der Waals surface area contributed by atoms with Crippen molar-refractivity contribution in [3.63, 3.8) is 0 Å². The Kier molecular flexibility index (Phi) is 7.02. The van der Waals surface area contributed by atoms with Crippen molar-refractivity contribution in [2.75, 3.05) is 13.7 Å². The van der Waals surface area contributed by atoms with Gasteiger partial charge in [-0.2, -0.15) is 0 Å². The van der Waals surface area contributed by atoms with Crippen molar-refractivity contribution in [1.29, 1.82) is 0 Å². The van der Waals surface area contributed by atoms with Crippen LogP contribution in [0.25, 0.3) is 0 Å². The van der Waals surface area contributed by atoms with Crippen molar-refractivity contribution >= 4 is 23.2 Å². The zero-order valence-corrected chi connectivity index (χ0v) is 12.7. The summed E-state index contributed by atoms with van der Waals surface area (Å²) in [6.45, 7) is 5.16. The predicted molar refractivity (Wildman–Crippen MR) is 78.7 cm³/mol. The highest BCUT2D eigenvalue weighted by Gasteiger charge is 2.19. The summed E-state index contributed by atoms with van der Waals surface area (Å²) in [4.78, 5) is 0. The van der Waals surface area contributed by atoms with Crippen LogP contribution in [0.3, 0.4) is 0 Å². The Hall–Kier alpha value is -0.280. The second-order valence-corrected chi connectivity index (χ2v) is 5.22. The zero-order valence-electron chi connectivity index (χ0n) is 11.2. The lowest BCUT2D eigenvalue weighted by molar-refractivity contribution is 0.0831. The number of benzene rings is 1. The first-order chi connectivity index (χ1) is 8.60. The van der Waals surface area contributed by atoms with E-state index in [4.69, 9.17) is 27.9 Å². The van der Waals surface area contributed by atoms with E-state index >= 15 is 0 Å². The molecule has 2 unspecified atom stereocenters. The van der Waals surface area contributed by atoms with E-state index in [1.807, 2.05) is 18.2 Å². The Morgan fingerprint density at radius 2 is 1.89 bits per heavy atom. The fourth-order valence-corrected chi connectivity index (χ4v) is 2.40. The van der Waals surface area contributed by atoms with Gasteiger partial charge in [0.1, 0.15) is 0 Å². The van der Waals surface area contributed by atoms with Gasteiger partial charge in [0.25, 0.3) is 0 Å². The quantitative estimate of drug-likeness (QED) is 0.821. The standard InChI is InChI=1S/C14H21Cl2NO/c1-4-8-17-14(10(2)18-3)9-11-12(15)6-5-7-13(11)16/h5-7,10,14,17H,4,8-9H2,1-3H3. The third-order valence-corrected chi connectivity index (χ3v) is 3.79. The van der Waals surface area contributed by atoms with Crippen molar-refractivity contribution in [3.8, 4) is 0 Å². The molecule has 0 saturated heterocycles. The van der Waals surface area contributed by atoms with E-state index in [1.165, 1.54) is 0 Å². The van der Waals surface area contributed by atoms with Crippen LogP contribution in [0.4, 0.5) is 0 Å². The molecule has 4 heteroatoms. The van der Waals surface area contributed by atoms with Crippen molar-refractivity contribution in [1.82, 2.24) is 5.32 Å². The van der Waals surface area contributed by atoms with Crippen molar-refractivity contribution in [2.45, 2.75) is 38.8 Å². The van der Waals surface area contributed by atoms with Crippen molar-refractivity contribution in [2.24, 2.45) is 0 Å². The molecule has 1 rings (SSSR count). The van der Waals surface area contributed by atoms with E-state index < -0.39 is 0 Å². The molecule has 0 heterocycles. The summed E-state index contributed by atoms with van der Waals surface area (Å²) in [6, 6.07) is 5.82. The predicted octanol–water partition coefficient (Wildman–Crippen LogP) is 3.94. The number of rotatable bonds is 7. The minimum Gasteiger partial charge on any atom is -0.380 e. The number of ether oxygens (including phenoxy) is 1. The smallest absolute Gasteiger partial charge is 0.0699 e. The molecule has 0 saturated carbocycles. The van der Waals surface area contributed by atoms with E-state index in [0.29, 0.717) is 10.0 Å². The highest BCUT2D eigenvalue weighted by molar-refractivity contribution is 6.36. The van der Waals surface area contributed by atoms with Gasteiger partial charge >= 0.3 is 0 Å². The number of hydrogen-bond donors (Lipinski definition) is 1. The summed E-state index contributed by atoms with van der Waals surface area (Å²) in [5, 5.41) is 4.91. The molecule has 0 aliphatic heterocycles. The maximum atomic E-state index is 6.20. The molecule has 0 bridgehead atoms. The lowest BCUT2D eigenvalue weighted by Gasteiger charge is -2.25. The third kappa shape index (κ3) is 4.43. The molecule has 0 aliphatic rings. The molecule has 102 valence electrons. The SMILES string of the molecule is CCCNC(Cc1c(Cl)cccc1Cl)C(C)OC. The van der Waals surface area contributed by atoms with Gasteiger partial charge in [-0.15, -0.1) is 0 Å². The first-order valence-corrected chi connectivity index (χ1v) is 7.04. The van der Waals surface area contributed by atoms with Crippen molar-refractivity contribution in [3.05, 3.63) is 33.8 Å². The van der Waals surface area contributed by atoms with Crippen LogP contribution in [0.5, 0.6) is 0 Å². The number of methoxy groups -OCH3 is 1. The zero-order chi connectivity index (χ0) is 13.5. The van der Waals surface area contributed by atoms with E-state index in [9.17, 15) is 0 Å². The first-order valence-electron chi connectivity index (χ1n) is 6.29. The fourth-order valence-electron chi connectivity index (χ4n) is 1.85. The maximum absolute atomic E-state index is 6.20. The van der Waals surface area contributed by atoms with Crippen LogP contribution < -0.4 is 5.32 Å². The average molecular weight is 290 g/mol. The Balaban J connectivity index is 2.81. The summed E-state index contributed by atoms with van der Waals surface area (Å²) >= 11 is 12.4. The fraction of sp³-hybridized carbons (Fsp3) is 0.571. The van der Waals surface area contributed by atoms with Gasteiger partial charge < -0.3 is 10.1 Å². The van der Waals surface area contributed by atoms with Gasteiger partial charge in [0, 0.05) is 23.2 Å². The molecule has 0 fully saturated rings. The number of hydrogen-bond acceptors (Lipinski definition) is 2. The molecule has 0 radical (unpaired) electrons. The van der Waals surface area contributed by atoms with E-state index in [2.05, 4.69) is 19.2 Å². The summed E-state index contributed by atoms with van der Waals surface area (Å²) < 4.78 is 5.41. The summed E-state index contributed by atoms with van der Waals surface area (Å²) in [5.74, 6) is 0. The minimum absolute atomic E-state index is 0.115. The van der Waals surface area contributed by atoms with Crippen LogP contribution in [-0.2, 0) is 11.2 Å². The highest BCUT2D eigenvalue weighted by atomic mass is 35.5. The topological polar surface area (TPSA) is 21.3 Å². The third-order valence-electron chi connectivity index (χ3n) is 3.08. The Labute approximate surface area is 120 Å². The van der Waals surface area contributed by atoms with Gasteiger partial charge in [-0.25, -0.2) is 0 Å². The van der Waals surface area contributed by atoms with Crippen LogP contribution in [0.2, 0.25) is 10.0 Å². The van der Waals surface area contributed by atoms with E-state index in [0.717, 1.165) is 24.9 Å². The number of halogens is 2. The maximum Gasteiger partial charge on any atom is 0.0699 e. The van der Waals surface area contributed by atoms with Crippen LogP contribution >= 0.6 is 23.2 Å². The lowest BCUT2D eigenvalue weighted by atomic mass is 10.0. The Morgan fingerprint density at radius 1 is 1.28 bits per heavy atom. The van der Waals surface area contributed by atoms with Crippen LogP contribution in [0.15, 0.2) is 18.2 Å². The molecule has 1 aromatic rings. The van der Waals surface area contributed by atoms with Crippen LogP contribution in [-0.4, -0.2) is 25.8 Å². The van der Waals surface area contributed by atoms with Gasteiger partial charge in [-0.1, -0.05) is 36.2 Å². The summed E-state index contributed by atoms with van der Waals surface area (Å²) in [5.41, 5.74) is 0.985. The van der Waals surface area contributed by atoms with Gasteiger partial charge in [-0.3, -0.25) is 0 Å². The molecular formula is C14H21Cl2NO. The highest BCUT2D eigenvalue weighted by Crippen LogP contribution is 2.26. The second kappa shape index (κ2) is 8.00. The number of nitrogens with one attached hydrogen (secondary N) is 1. The molecule has 0 aromatic heterocycles. The summed E-state index contributed by atoms with van der Waals surface area (Å²) in [6.07, 6.45) is 1.97. The van der Waals surface area contributed by atoms with E-state index in [-0.39, 0.29) is 12.1 Å². The molecule has 0 spiro atoms. The van der Waals surface area contributed by atoms with E-state index in [1.54, 1.807) is 7.11 Å². The van der Waals surface area contributed by atoms with Crippen LogP contribution in [0, 0.1) is 0 Å². The van der Waals surface area contributed by atoms with Gasteiger partial charge in [0.15, 0.2) is 0 Å². The molecular weight excluding hydrogens is 269 g/mol. The lowest BCUT2D eigenvalue weighted by Crippen LogP contribution is -2.41. The van der Waals surface area contributed by atoms with Gasteiger partial charge in [0.05, 0.1) is 6.10 Å². The van der Waals surface area contributed by atoms with Gasteiger partial charge in [-0.05, 0) is 44.0 Å². The second-order valence-electron chi connectivity index (χ2n) is 4.41. The molecule has 0 aliphatic carbocycles. The Morgan fingerprint density at radius 3 is 2.39 bits per heavy atom. The molecule has 2 atom stereocenters. The molecule has 18 heavy (non-hydrogen) atoms. The normalized spacial score (nSPS) is 14.5. The summed E-state index contributed by atoms with van der Waals surface area (Å²) in [7, 11) is 1.72. The minimum atomic E-state index is 0.115. The largest absolute Gasteiger partial charge is 0.380 e. The Bertz CT molecular complexity index is 351. The molecule has 1 N–H and O–H groups in total. The first kappa shape index (κ1) is 15.8. The van der Waals surface area contributed by atoms with Crippen LogP contribution in [0.1, 0.15) is 25.8 Å². The molecule has 2 nitrogen and oxygen atoms in total. The average Bonchev–Trinajstić information content (AvgIpc) is 2.36. The van der Waals surface area contributed by atoms with Crippen molar-refractivity contribution < 1.29 is 4.74 Å². The van der Waals surface area contributed by atoms with Gasteiger partial charge in [0.2, 0.25) is 0 Å². The monoisotopic (exact) mass is 289 g/mol.